The summed E-state index contributed by atoms with van der Waals surface area (Å²) in [7, 11) is 1.95. The zero-order valence-electron chi connectivity index (χ0n) is 9.03. The quantitative estimate of drug-likeness (QED) is 0.704. The molecule has 1 N–H and O–H groups in total. The van der Waals surface area contributed by atoms with Crippen molar-refractivity contribution in [1.82, 2.24) is 9.78 Å². The molecule has 0 bridgehead atoms. The van der Waals surface area contributed by atoms with Crippen LogP contribution in [0.4, 0.5) is 5.82 Å². The van der Waals surface area contributed by atoms with E-state index in [2.05, 4.69) is 23.9 Å². The van der Waals surface area contributed by atoms with Crippen LogP contribution >= 0.6 is 0 Å². The molecule has 0 spiro atoms. The molecule has 1 aromatic heterocycles. The van der Waals surface area contributed by atoms with E-state index in [1.54, 1.807) is 0 Å². The van der Waals surface area contributed by atoms with E-state index >= 15 is 0 Å². The number of aryl methyl sites for hydroxylation is 1. The molecule has 0 saturated carbocycles. The van der Waals surface area contributed by atoms with E-state index in [-0.39, 0.29) is 0 Å². The SMILES string of the molecule is C=CCCC(CC)Nc1ccnn1C. The van der Waals surface area contributed by atoms with Crippen LogP contribution in [0.15, 0.2) is 24.9 Å². The van der Waals surface area contributed by atoms with Crippen LogP contribution < -0.4 is 5.32 Å². The van der Waals surface area contributed by atoms with Crippen LogP contribution in [-0.2, 0) is 7.05 Å². The first-order valence-electron chi connectivity index (χ1n) is 5.13. The Morgan fingerprint density at radius 3 is 3.00 bits per heavy atom. The molecule has 0 aromatic carbocycles. The van der Waals surface area contributed by atoms with Crippen molar-refractivity contribution in [3.8, 4) is 0 Å². The van der Waals surface area contributed by atoms with Gasteiger partial charge in [-0.25, -0.2) is 0 Å². The zero-order chi connectivity index (χ0) is 10.4. The fourth-order valence-corrected chi connectivity index (χ4v) is 1.42. The van der Waals surface area contributed by atoms with Gasteiger partial charge in [-0.1, -0.05) is 13.0 Å². The molecule has 1 atom stereocenters. The summed E-state index contributed by atoms with van der Waals surface area (Å²) in [5.41, 5.74) is 0. The summed E-state index contributed by atoms with van der Waals surface area (Å²) in [5.74, 6) is 1.08. The van der Waals surface area contributed by atoms with Crippen LogP contribution in [0.5, 0.6) is 0 Å². The van der Waals surface area contributed by atoms with Gasteiger partial charge in [-0.2, -0.15) is 5.10 Å². The Kier molecular flexibility index (Phi) is 4.23. The Balaban J connectivity index is 2.48. The zero-order valence-corrected chi connectivity index (χ0v) is 9.03. The van der Waals surface area contributed by atoms with Gasteiger partial charge in [0.05, 0.1) is 6.20 Å². The molecule has 0 aliphatic carbocycles. The van der Waals surface area contributed by atoms with Gasteiger partial charge in [0.1, 0.15) is 5.82 Å². The second-order valence-electron chi connectivity index (χ2n) is 3.46. The fraction of sp³-hybridized carbons (Fsp3) is 0.545. The number of hydrogen-bond acceptors (Lipinski definition) is 2. The summed E-state index contributed by atoms with van der Waals surface area (Å²) >= 11 is 0. The molecule has 3 nitrogen and oxygen atoms in total. The van der Waals surface area contributed by atoms with Crippen molar-refractivity contribution in [3.05, 3.63) is 24.9 Å². The molecule has 1 heterocycles. The van der Waals surface area contributed by atoms with Crippen LogP contribution in [0, 0.1) is 0 Å². The standard InChI is InChI=1S/C11H19N3/c1-4-6-7-10(5-2)13-11-8-9-12-14(11)3/h4,8-10,13H,1,5-7H2,2-3H3. The molecular weight excluding hydrogens is 174 g/mol. The van der Waals surface area contributed by atoms with Crippen LogP contribution in [0.1, 0.15) is 26.2 Å². The third kappa shape index (κ3) is 2.91. The van der Waals surface area contributed by atoms with Crippen molar-refractivity contribution >= 4 is 5.82 Å². The monoisotopic (exact) mass is 193 g/mol. The number of anilines is 1. The maximum atomic E-state index is 4.12. The van der Waals surface area contributed by atoms with E-state index in [1.165, 1.54) is 0 Å². The smallest absolute Gasteiger partial charge is 0.124 e. The predicted molar refractivity (Wildman–Crippen MR) is 60.3 cm³/mol. The summed E-state index contributed by atoms with van der Waals surface area (Å²) < 4.78 is 1.86. The molecule has 1 aromatic rings. The molecule has 0 fully saturated rings. The van der Waals surface area contributed by atoms with Crippen molar-refractivity contribution in [2.45, 2.75) is 32.2 Å². The lowest BCUT2D eigenvalue weighted by Gasteiger charge is -2.17. The molecular formula is C11H19N3. The number of aromatic nitrogens is 2. The summed E-state index contributed by atoms with van der Waals surface area (Å²) in [6.07, 6.45) is 7.09. The highest BCUT2D eigenvalue weighted by Gasteiger charge is 2.06. The van der Waals surface area contributed by atoms with Crippen molar-refractivity contribution in [3.63, 3.8) is 0 Å². The van der Waals surface area contributed by atoms with E-state index in [0.29, 0.717) is 6.04 Å². The molecule has 78 valence electrons. The Morgan fingerprint density at radius 2 is 2.50 bits per heavy atom. The molecule has 3 heteroatoms. The molecule has 1 rings (SSSR count). The lowest BCUT2D eigenvalue weighted by molar-refractivity contribution is 0.628. The van der Waals surface area contributed by atoms with Gasteiger partial charge in [-0.15, -0.1) is 6.58 Å². The van der Waals surface area contributed by atoms with Gasteiger partial charge in [-0.05, 0) is 19.3 Å². The Morgan fingerprint density at radius 1 is 1.71 bits per heavy atom. The topological polar surface area (TPSA) is 29.9 Å². The van der Waals surface area contributed by atoms with E-state index in [9.17, 15) is 0 Å². The molecule has 0 aliphatic heterocycles. The minimum absolute atomic E-state index is 0.517. The first-order valence-corrected chi connectivity index (χ1v) is 5.13. The minimum Gasteiger partial charge on any atom is -0.368 e. The average molecular weight is 193 g/mol. The van der Waals surface area contributed by atoms with Crippen LogP contribution in [0.2, 0.25) is 0 Å². The van der Waals surface area contributed by atoms with Gasteiger partial charge in [0.25, 0.3) is 0 Å². The van der Waals surface area contributed by atoms with Gasteiger partial charge >= 0.3 is 0 Å². The fourth-order valence-electron chi connectivity index (χ4n) is 1.42. The average Bonchev–Trinajstić information content (AvgIpc) is 2.59. The van der Waals surface area contributed by atoms with E-state index in [1.807, 2.05) is 30.1 Å². The number of nitrogens with one attached hydrogen (secondary N) is 1. The van der Waals surface area contributed by atoms with Crippen molar-refractivity contribution in [1.29, 1.82) is 0 Å². The number of rotatable bonds is 6. The van der Waals surface area contributed by atoms with Gasteiger partial charge in [0, 0.05) is 19.2 Å². The largest absolute Gasteiger partial charge is 0.368 e. The van der Waals surface area contributed by atoms with Gasteiger partial charge in [0.15, 0.2) is 0 Å². The number of nitrogens with zero attached hydrogens (tertiary/aromatic N) is 2. The van der Waals surface area contributed by atoms with Crippen molar-refractivity contribution in [2.75, 3.05) is 5.32 Å². The number of allylic oxidation sites excluding steroid dienone is 1. The predicted octanol–water partition coefficient (Wildman–Crippen LogP) is 2.58. The second-order valence-corrected chi connectivity index (χ2v) is 3.46. The molecule has 0 amide bonds. The lowest BCUT2D eigenvalue weighted by Crippen LogP contribution is -2.19. The second kappa shape index (κ2) is 5.47. The van der Waals surface area contributed by atoms with Gasteiger partial charge < -0.3 is 5.32 Å². The van der Waals surface area contributed by atoms with Crippen LogP contribution in [0.3, 0.4) is 0 Å². The van der Waals surface area contributed by atoms with Crippen molar-refractivity contribution in [2.24, 2.45) is 7.05 Å². The maximum Gasteiger partial charge on any atom is 0.124 e. The highest BCUT2D eigenvalue weighted by atomic mass is 15.3. The first kappa shape index (κ1) is 10.8. The van der Waals surface area contributed by atoms with E-state index in [0.717, 1.165) is 25.1 Å². The van der Waals surface area contributed by atoms with Crippen LogP contribution in [-0.4, -0.2) is 15.8 Å². The van der Waals surface area contributed by atoms with E-state index < -0.39 is 0 Å². The normalized spacial score (nSPS) is 12.4. The third-order valence-electron chi connectivity index (χ3n) is 2.38. The van der Waals surface area contributed by atoms with Crippen LogP contribution in [0.25, 0.3) is 0 Å². The minimum atomic E-state index is 0.517. The van der Waals surface area contributed by atoms with Gasteiger partial charge in [-0.3, -0.25) is 4.68 Å². The highest BCUT2D eigenvalue weighted by molar-refractivity contribution is 5.34. The molecule has 0 aliphatic rings. The maximum absolute atomic E-state index is 4.12. The molecule has 1 unspecified atom stereocenters. The first-order chi connectivity index (χ1) is 6.77. The Bertz CT molecular complexity index is 278. The Hall–Kier alpha value is -1.25. The molecule has 0 saturated heterocycles. The van der Waals surface area contributed by atoms with E-state index in [4.69, 9.17) is 0 Å². The molecule has 14 heavy (non-hydrogen) atoms. The van der Waals surface area contributed by atoms with Crippen molar-refractivity contribution < 1.29 is 0 Å². The Labute approximate surface area is 85.8 Å². The lowest BCUT2D eigenvalue weighted by atomic mass is 10.1. The van der Waals surface area contributed by atoms with Gasteiger partial charge in [0.2, 0.25) is 0 Å². The summed E-state index contributed by atoms with van der Waals surface area (Å²) in [6.45, 7) is 5.93. The summed E-state index contributed by atoms with van der Waals surface area (Å²) in [4.78, 5) is 0. The number of hydrogen-bond donors (Lipinski definition) is 1. The highest BCUT2D eigenvalue weighted by Crippen LogP contribution is 2.11. The summed E-state index contributed by atoms with van der Waals surface area (Å²) in [6, 6.07) is 2.51. The third-order valence-corrected chi connectivity index (χ3v) is 2.38. The summed E-state index contributed by atoms with van der Waals surface area (Å²) in [5, 5.41) is 7.58. The molecule has 0 radical (unpaired) electrons.